The minimum absolute atomic E-state index is 0. The average molecular weight is 492 g/mol. The van der Waals surface area contributed by atoms with Gasteiger partial charge >= 0.3 is 0 Å². The van der Waals surface area contributed by atoms with Gasteiger partial charge in [0.2, 0.25) is 5.91 Å². The van der Waals surface area contributed by atoms with Crippen LogP contribution < -0.4 is 5.32 Å². The summed E-state index contributed by atoms with van der Waals surface area (Å²) in [5, 5.41) is 7.80. The fraction of sp³-hybridized carbons (Fsp3) is 0.737. The Morgan fingerprint density at radius 2 is 1.93 bits per heavy atom. The van der Waals surface area contributed by atoms with Crippen LogP contribution in [0.4, 0.5) is 0 Å². The van der Waals surface area contributed by atoms with Crippen LogP contribution in [0.2, 0.25) is 0 Å². The molecule has 1 unspecified atom stereocenters. The molecule has 8 heteroatoms. The third-order valence-corrected chi connectivity index (χ3v) is 4.33. The van der Waals surface area contributed by atoms with Crippen molar-refractivity contribution in [3.63, 3.8) is 0 Å². The summed E-state index contributed by atoms with van der Waals surface area (Å²) in [4.78, 5) is 20.8. The van der Waals surface area contributed by atoms with Crippen LogP contribution in [0, 0.1) is 19.8 Å². The number of nitrogens with one attached hydrogen (secondary N) is 1. The molecule has 0 aromatic carbocycles. The van der Waals surface area contributed by atoms with Crippen LogP contribution in [0.25, 0.3) is 0 Å². The van der Waals surface area contributed by atoms with Crippen molar-refractivity contribution in [2.45, 2.75) is 48.1 Å². The molecule has 1 amide bonds. The van der Waals surface area contributed by atoms with E-state index in [2.05, 4.69) is 30.3 Å². The third kappa shape index (κ3) is 8.49. The van der Waals surface area contributed by atoms with E-state index in [1.807, 2.05) is 49.2 Å². The SMILES string of the molecule is CCNC(=NCC(C)Cn1nc(C)cc1C)N(C)CC(=O)N(CC)CC.I. The van der Waals surface area contributed by atoms with E-state index in [0.29, 0.717) is 19.0 Å². The summed E-state index contributed by atoms with van der Waals surface area (Å²) in [6, 6.07) is 2.09. The Kier molecular flexibility index (Phi) is 12.3. The maximum Gasteiger partial charge on any atom is 0.242 e. The molecule has 0 aliphatic carbocycles. The van der Waals surface area contributed by atoms with Gasteiger partial charge in [-0.1, -0.05) is 6.92 Å². The van der Waals surface area contributed by atoms with E-state index in [0.717, 1.165) is 37.8 Å². The van der Waals surface area contributed by atoms with Crippen molar-refractivity contribution in [1.82, 2.24) is 24.9 Å². The predicted molar refractivity (Wildman–Crippen MR) is 123 cm³/mol. The average Bonchev–Trinajstić information content (AvgIpc) is 2.89. The minimum atomic E-state index is 0. The van der Waals surface area contributed by atoms with E-state index in [-0.39, 0.29) is 29.9 Å². The van der Waals surface area contributed by atoms with Crippen LogP contribution in [0.3, 0.4) is 0 Å². The van der Waals surface area contributed by atoms with E-state index in [4.69, 9.17) is 4.99 Å². The van der Waals surface area contributed by atoms with Gasteiger partial charge < -0.3 is 15.1 Å². The van der Waals surface area contributed by atoms with Crippen LogP contribution in [0.15, 0.2) is 11.1 Å². The lowest BCUT2D eigenvalue weighted by atomic mass is 10.2. The molecule has 0 saturated carbocycles. The lowest BCUT2D eigenvalue weighted by molar-refractivity contribution is -0.131. The summed E-state index contributed by atoms with van der Waals surface area (Å²) in [5.74, 6) is 1.25. The number of amides is 1. The van der Waals surface area contributed by atoms with Gasteiger partial charge in [-0.2, -0.15) is 5.10 Å². The molecule has 156 valence electrons. The fourth-order valence-electron chi connectivity index (χ4n) is 2.88. The number of aliphatic imine (C=N–C) groups is 1. The van der Waals surface area contributed by atoms with Gasteiger partial charge in [-0.15, -0.1) is 24.0 Å². The lowest BCUT2D eigenvalue weighted by Crippen LogP contribution is -2.45. The number of hydrogen-bond acceptors (Lipinski definition) is 3. The summed E-state index contributed by atoms with van der Waals surface area (Å²) >= 11 is 0. The van der Waals surface area contributed by atoms with Crippen molar-refractivity contribution >= 4 is 35.8 Å². The zero-order valence-corrected chi connectivity index (χ0v) is 20.3. The van der Waals surface area contributed by atoms with Crippen LogP contribution in [0.5, 0.6) is 0 Å². The van der Waals surface area contributed by atoms with Crippen LogP contribution in [-0.2, 0) is 11.3 Å². The Morgan fingerprint density at radius 3 is 2.41 bits per heavy atom. The van der Waals surface area contributed by atoms with Crippen molar-refractivity contribution in [1.29, 1.82) is 0 Å². The van der Waals surface area contributed by atoms with Crippen LogP contribution >= 0.6 is 24.0 Å². The van der Waals surface area contributed by atoms with Gasteiger partial charge in [0.1, 0.15) is 0 Å². The number of hydrogen-bond donors (Lipinski definition) is 1. The number of carbonyl (C=O) groups is 1. The van der Waals surface area contributed by atoms with Crippen molar-refractivity contribution in [2.24, 2.45) is 10.9 Å². The molecular weight excluding hydrogens is 455 g/mol. The maximum absolute atomic E-state index is 12.3. The van der Waals surface area contributed by atoms with Crippen molar-refractivity contribution in [3.8, 4) is 0 Å². The Hall–Kier alpha value is -1.32. The first-order valence-electron chi connectivity index (χ1n) is 9.60. The predicted octanol–water partition coefficient (Wildman–Crippen LogP) is 2.52. The van der Waals surface area contributed by atoms with Gasteiger partial charge in [0.05, 0.1) is 12.2 Å². The quantitative estimate of drug-likeness (QED) is 0.327. The highest BCUT2D eigenvalue weighted by Gasteiger charge is 2.15. The van der Waals surface area contributed by atoms with Gasteiger partial charge in [0, 0.05) is 45.5 Å². The summed E-state index contributed by atoms with van der Waals surface area (Å²) < 4.78 is 2.04. The van der Waals surface area contributed by atoms with Crippen molar-refractivity contribution in [2.75, 3.05) is 39.8 Å². The van der Waals surface area contributed by atoms with Gasteiger partial charge in [0.25, 0.3) is 0 Å². The highest BCUT2D eigenvalue weighted by molar-refractivity contribution is 14.0. The second-order valence-electron chi connectivity index (χ2n) is 6.83. The summed E-state index contributed by atoms with van der Waals surface area (Å²) in [7, 11) is 1.91. The molecular formula is C19H37IN6O. The number of likely N-dealkylation sites (N-methyl/N-ethyl adjacent to an activating group) is 2. The maximum atomic E-state index is 12.3. The highest BCUT2D eigenvalue weighted by Crippen LogP contribution is 2.07. The molecule has 27 heavy (non-hydrogen) atoms. The number of carbonyl (C=O) groups excluding carboxylic acids is 1. The molecule has 1 N–H and O–H groups in total. The van der Waals surface area contributed by atoms with Crippen molar-refractivity contribution in [3.05, 3.63) is 17.5 Å². The Bertz CT molecular complexity index is 597. The van der Waals surface area contributed by atoms with Crippen LogP contribution in [-0.4, -0.2) is 71.2 Å². The highest BCUT2D eigenvalue weighted by atomic mass is 127. The molecule has 1 heterocycles. The number of rotatable bonds is 9. The molecule has 1 atom stereocenters. The van der Waals surface area contributed by atoms with Crippen LogP contribution in [0.1, 0.15) is 39.1 Å². The Morgan fingerprint density at radius 1 is 1.30 bits per heavy atom. The standard InChI is InChI=1S/C19H36N6O.HI/c1-8-20-19(23(7)14-18(26)24(9-2)10-3)21-12-15(4)13-25-17(6)11-16(5)22-25;/h11,15H,8-10,12-14H2,1-7H3,(H,20,21);1H. The Labute approximate surface area is 181 Å². The first-order valence-corrected chi connectivity index (χ1v) is 9.60. The zero-order valence-electron chi connectivity index (χ0n) is 17.9. The third-order valence-electron chi connectivity index (χ3n) is 4.33. The van der Waals surface area contributed by atoms with E-state index < -0.39 is 0 Å². The molecule has 1 rings (SSSR count). The number of aromatic nitrogens is 2. The molecule has 0 aliphatic heterocycles. The second kappa shape index (κ2) is 13.0. The van der Waals surface area contributed by atoms with E-state index >= 15 is 0 Å². The van der Waals surface area contributed by atoms with E-state index in [1.165, 1.54) is 5.69 Å². The zero-order chi connectivity index (χ0) is 19.7. The van der Waals surface area contributed by atoms with Gasteiger partial charge in [-0.3, -0.25) is 14.5 Å². The molecule has 1 aromatic rings. The molecule has 0 spiro atoms. The topological polar surface area (TPSA) is 65.8 Å². The normalized spacial score (nSPS) is 12.3. The minimum Gasteiger partial charge on any atom is -0.357 e. The number of aryl methyl sites for hydroxylation is 2. The first kappa shape index (κ1) is 25.7. The number of guanidine groups is 1. The van der Waals surface area contributed by atoms with Gasteiger partial charge in [-0.05, 0) is 46.6 Å². The summed E-state index contributed by atoms with van der Waals surface area (Å²) in [6.07, 6.45) is 0. The molecule has 1 aromatic heterocycles. The smallest absolute Gasteiger partial charge is 0.242 e. The molecule has 0 saturated heterocycles. The molecule has 0 bridgehead atoms. The lowest BCUT2D eigenvalue weighted by Gasteiger charge is -2.26. The molecule has 0 radical (unpaired) electrons. The largest absolute Gasteiger partial charge is 0.357 e. The van der Waals surface area contributed by atoms with Gasteiger partial charge in [-0.25, -0.2) is 0 Å². The molecule has 7 nitrogen and oxygen atoms in total. The number of nitrogens with zero attached hydrogens (tertiary/aromatic N) is 5. The van der Waals surface area contributed by atoms with Gasteiger partial charge in [0.15, 0.2) is 5.96 Å². The monoisotopic (exact) mass is 492 g/mol. The first-order chi connectivity index (χ1) is 12.3. The van der Waals surface area contributed by atoms with E-state index in [9.17, 15) is 4.79 Å². The second-order valence-corrected chi connectivity index (χ2v) is 6.83. The molecule has 0 fully saturated rings. The Balaban J connectivity index is 0.00000676. The molecule has 0 aliphatic rings. The fourth-order valence-corrected chi connectivity index (χ4v) is 2.88. The summed E-state index contributed by atoms with van der Waals surface area (Å²) in [5.41, 5.74) is 2.22. The van der Waals surface area contributed by atoms with Crippen molar-refractivity contribution < 1.29 is 4.79 Å². The van der Waals surface area contributed by atoms with E-state index in [1.54, 1.807) is 0 Å². The summed E-state index contributed by atoms with van der Waals surface area (Å²) in [6.45, 7) is 16.4. The number of halogens is 1.